The van der Waals surface area contributed by atoms with Crippen molar-refractivity contribution >= 4 is 32.1 Å². The van der Waals surface area contributed by atoms with Crippen LogP contribution in [-0.4, -0.2) is 42.7 Å². The van der Waals surface area contributed by atoms with Crippen molar-refractivity contribution in [3.05, 3.63) is 11.6 Å². The molecule has 0 bridgehead atoms. The molecule has 0 spiro atoms. The number of sulfonamides is 1. The minimum atomic E-state index is -3.56. The Morgan fingerprint density at radius 3 is 2.85 bits per heavy atom. The SMILES string of the molecule is CCC(C)CN(C)S(=O)(=O)c1c(NC)nc2sccn12. The fourth-order valence-electron chi connectivity index (χ4n) is 1.99. The van der Waals surface area contributed by atoms with E-state index >= 15 is 0 Å². The van der Waals surface area contributed by atoms with Crippen LogP contribution < -0.4 is 5.32 Å². The highest BCUT2D eigenvalue weighted by molar-refractivity contribution is 7.89. The average Bonchev–Trinajstić information content (AvgIpc) is 2.97. The smallest absolute Gasteiger partial charge is 0.262 e. The van der Waals surface area contributed by atoms with Crippen molar-refractivity contribution in [1.29, 1.82) is 0 Å². The highest BCUT2D eigenvalue weighted by Crippen LogP contribution is 2.27. The lowest BCUT2D eigenvalue weighted by molar-refractivity contribution is 0.392. The van der Waals surface area contributed by atoms with Gasteiger partial charge in [-0.2, -0.15) is 4.31 Å². The van der Waals surface area contributed by atoms with Crippen molar-refractivity contribution in [3.8, 4) is 0 Å². The van der Waals surface area contributed by atoms with Gasteiger partial charge in [0.25, 0.3) is 10.0 Å². The Balaban J connectivity index is 2.47. The van der Waals surface area contributed by atoms with Crippen molar-refractivity contribution < 1.29 is 8.42 Å². The molecule has 112 valence electrons. The first kappa shape index (κ1) is 15.3. The molecule has 0 aliphatic heterocycles. The lowest BCUT2D eigenvalue weighted by Crippen LogP contribution is -2.32. The summed E-state index contributed by atoms with van der Waals surface area (Å²) >= 11 is 1.41. The second kappa shape index (κ2) is 5.71. The van der Waals surface area contributed by atoms with Crippen LogP contribution in [0.3, 0.4) is 0 Å². The van der Waals surface area contributed by atoms with E-state index in [0.717, 1.165) is 6.42 Å². The zero-order valence-electron chi connectivity index (χ0n) is 12.1. The summed E-state index contributed by atoms with van der Waals surface area (Å²) in [7, 11) is -0.264. The zero-order valence-corrected chi connectivity index (χ0v) is 13.8. The van der Waals surface area contributed by atoms with Crippen LogP contribution in [0.25, 0.3) is 4.96 Å². The number of fused-ring (bicyclic) bond motifs is 1. The van der Waals surface area contributed by atoms with Crippen LogP contribution in [0.4, 0.5) is 5.82 Å². The second-order valence-corrected chi connectivity index (χ2v) is 7.70. The predicted octanol–water partition coefficient (Wildman–Crippen LogP) is 2.10. The van der Waals surface area contributed by atoms with E-state index in [9.17, 15) is 8.42 Å². The molecule has 2 rings (SSSR count). The Labute approximate surface area is 123 Å². The van der Waals surface area contributed by atoms with Gasteiger partial charge >= 0.3 is 0 Å². The predicted molar refractivity (Wildman–Crippen MR) is 81.9 cm³/mol. The van der Waals surface area contributed by atoms with Gasteiger partial charge in [0.05, 0.1) is 0 Å². The molecule has 0 radical (unpaired) electrons. The number of imidazole rings is 1. The van der Waals surface area contributed by atoms with Gasteiger partial charge in [-0.1, -0.05) is 20.3 Å². The molecule has 0 fully saturated rings. The van der Waals surface area contributed by atoms with Gasteiger partial charge in [-0.3, -0.25) is 4.40 Å². The molecule has 2 heterocycles. The minimum Gasteiger partial charge on any atom is -0.371 e. The maximum atomic E-state index is 12.8. The summed E-state index contributed by atoms with van der Waals surface area (Å²) < 4.78 is 28.6. The third-order valence-corrected chi connectivity index (χ3v) is 5.98. The lowest BCUT2D eigenvalue weighted by atomic mass is 10.1. The summed E-state index contributed by atoms with van der Waals surface area (Å²) in [6.45, 7) is 4.60. The van der Waals surface area contributed by atoms with Gasteiger partial charge in [-0.25, -0.2) is 13.4 Å². The fourth-order valence-corrected chi connectivity index (χ4v) is 4.29. The van der Waals surface area contributed by atoms with Crippen molar-refractivity contribution in [1.82, 2.24) is 13.7 Å². The molecule has 0 saturated heterocycles. The molecule has 6 nitrogen and oxygen atoms in total. The molecule has 0 saturated carbocycles. The number of hydrogen-bond donors (Lipinski definition) is 1. The largest absolute Gasteiger partial charge is 0.371 e. The van der Waals surface area contributed by atoms with Gasteiger partial charge in [0.15, 0.2) is 15.8 Å². The maximum absolute atomic E-state index is 12.8. The van der Waals surface area contributed by atoms with Gasteiger partial charge in [0.1, 0.15) is 0 Å². The third kappa shape index (κ3) is 2.55. The van der Waals surface area contributed by atoms with E-state index in [1.807, 2.05) is 12.3 Å². The molecule has 2 aromatic heterocycles. The lowest BCUT2D eigenvalue weighted by Gasteiger charge is -2.20. The molecule has 2 aromatic rings. The van der Waals surface area contributed by atoms with Gasteiger partial charge in [-0.15, -0.1) is 11.3 Å². The van der Waals surface area contributed by atoms with Gasteiger partial charge in [0.2, 0.25) is 0 Å². The first-order valence-corrected chi connectivity index (χ1v) is 8.83. The van der Waals surface area contributed by atoms with Crippen LogP contribution in [0.15, 0.2) is 16.6 Å². The highest BCUT2D eigenvalue weighted by atomic mass is 32.2. The van der Waals surface area contributed by atoms with Crippen molar-refractivity contribution in [2.75, 3.05) is 26.0 Å². The summed E-state index contributed by atoms with van der Waals surface area (Å²) in [5.74, 6) is 0.714. The molecule has 0 aliphatic rings. The summed E-state index contributed by atoms with van der Waals surface area (Å²) in [6.07, 6.45) is 2.68. The molecule has 1 unspecified atom stereocenters. The molecule has 0 aromatic carbocycles. The monoisotopic (exact) mass is 316 g/mol. The molecule has 0 amide bonds. The Morgan fingerprint density at radius 1 is 1.55 bits per heavy atom. The van der Waals surface area contributed by atoms with E-state index in [4.69, 9.17) is 0 Å². The van der Waals surface area contributed by atoms with E-state index in [1.165, 1.54) is 15.6 Å². The molecular formula is C12H20N4O2S2. The summed E-state index contributed by atoms with van der Waals surface area (Å²) in [6, 6.07) is 0. The molecule has 1 N–H and O–H groups in total. The number of rotatable bonds is 6. The fraction of sp³-hybridized carbons (Fsp3) is 0.583. The van der Waals surface area contributed by atoms with Crippen LogP contribution in [0.1, 0.15) is 20.3 Å². The van der Waals surface area contributed by atoms with Crippen molar-refractivity contribution in [3.63, 3.8) is 0 Å². The standard InChI is InChI=1S/C12H20N4O2S2/c1-5-9(2)8-15(4)20(17,18)11-10(13-3)14-12-16(11)6-7-19-12/h6-7,9,13H,5,8H2,1-4H3. The van der Waals surface area contributed by atoms with Crippen LogP contribution in [0.2, 0.25) is 0 Å². The molecular weight excluding hydrogens is 296 g/mol. The molecule has 8 heteroatoms. The summed E-state index contributed by atoms with van der Waals surface area (Å²) in [5, 5.41) is 4.91. The van der Waals surface area contributed by atoms with Crippen LogP contribution in [0, 0.1) is 5.92 Å². The van der Waals surface area contributed by atoms with E-state index in [-0.39, 0.29) is 5.03 Å². The topological polar surface area (TPSA) is 66.7 Å². The quantitative estimate of drug-likeness (QED) is 0.886. The number of anilines is 1. The van der Waals surface area contributed by atoms with Crippen LogP contribution in [-0.2, 0) is 10.0 Å². The Morgan fingerprint density at radius 2 is 2.25 bits per heavy atom. The minimum absolute atomic E-state index is 0.210. The van der Waals surface area contributed by atoms with Crippen molar-refractivity contribution in [2.45, 2.75) is 25.3 Å². The number of nitrogens with one attached hydrogen (secondary N) is 1. The van der Waals surface area contributed by atoms with Crippen LogP contribution in [0.5, 0.6) is 0 Å². The molecule has 0 aliphatic carbocycles. The van der Waals surface area contributed by atoms with E-state index < -0.39 is 10.0 Å². The Bertz CT molecular complexity index is 689. The summed E-state index contributed by atoms with van der Waals surface area (Å²) in [4.78, 5) is 4.97. The first-order chi connectivity index (χ1) is 9.41. The van der Waals surface area contributed by atoms with E-state index in [2.05, 4.69) is 17.2 Å². The number of thiazole rings is 1. The maximum Gasteiger partial charge on any atom is 0.262 e. The van der Waals surface area contributed by atoms with E-state index in [1.54, 1.807) is 24.7 Å². The average molecular weight is 316 g/mol. The highest BCUT2D eigenvalue weighted by Gasteiger charge is 2.30. The third-order valence-electron chi connectivity index (χ3n) is 3.38. The first-order valence-electron chi connectivity index (χ1n) is 6.51. The number of aromatic nitrogens is 2. The van der Waals surface area contributed by atoms with E-state index in [0.29, 0.717) is 23.2 Å². The molecule has 1 atom stereocenters. The van der Waals surface area contributed by atoms with Gasteiger partial charge in [0, 0.05) is 32.2 Å². The normalized spacial score (nSPS) is 14.1. The molecule has 20 heavy (non-hydrogen) atoms. The van der Waals surface area contributed by atoms with Gasteiger partial charge < -0.3 is 5.32 Å². The number of nitrogens with zero attached hydrogens (tertiary/aromatic N) is 3. The summed E-state index contributed by atoms with van der Waals surface area (Å²) in [5.41, 5.74) is 0. The van der Waals surface area contributed by atoms with Gasteiger partial charge in [-0.05, 0) is 5.92 Å². The zero-order chi connectivity index (χ0) is 14.9. The Hall–Kier alpha value is -1.12. The van der Waals surface area contributed by atoms with Crippen molar-refractivity contribution in [2.24, 2.45) is 5.92 Å². The second-order valence-electron chi connectivity index (χ2n) is 4.87. The van der Waals surface area contributed by atoms with Crippen LogP contribution >= 0.6 is 11.3 Å². The number of hydrogen-bond acceptors (Lipinski definition) is 5. The Kier molecular flexibility index (Phi) is 4.36.